The normalized spacial score (nSPS) is 16.3. The van der Waals surface area contributed by atoms with Crippen molar-refractivity contribution >= 4 is 23.7 Å². The maximum Gasteiger partial charge on any atom is 0.328 e. The van der Waals surface area contributed by atoms with E-state index in [2.05, 4.69) is 16.0 Å². The zero-order valence-corrected chi connectivity index (χ0v) is 20.8. The molecule has 6 unspecified atom stereocenters. The number of phenols is 1. The number of aliphatic carboxylic acids is 1. The highest BCUT2D eigenvalue weighted by Gasteiger charge is 2.33. The van der Waals surface area contributed by atoms with Gasteiger partial charge in [0, 0.05) is 6.42 Å². The van der Waals surface area contributed by atoms with Crippen LogP contribution < -0.4 is 21.7 Å². The van der Waals surface area contributed by atoms with Crippen LogP contribution in [0.5, 0.6) is 5.75 Å². The lowest BCUT2D eigenvalue weighted by Gasteiger charge is -2.28. The second kappa shape index (κ2) is 13.6. The van der Waals surface area contributed by atoms with E-state index in [-0.39, 0.29) is 24.0 Å². The van der Waals surface area contributed by atoms with Gasteiger partial charge in [0.25, 0.3) is 0 Å². The number of hydrogen-bond acceptors (Lipinski definition) is 7. The molecule has 0 heterocycles. The zero-order valence-electron chi connectivity index (χ0n) is 20.8. The van der Waals surface area contributed by atoms with E-state index in [1.807, 2.05) is 6.92 Å². The Morgan fingerprint density at radius 2 is 1.43 bits per heavy atom. The monoisotopic (exact) mass is 494 g/mol. The predicted molar refractivity (Wildman–Crippen MR) is 129 cm³/mol. The Labute approximate surface area is 205 Å². The number of carbonyl (C=O) groups excluding carboxylic acids is 3. The maximum atomic E-state index is 13.2. The summed E-state index contributed by atoms with van der Waals surface area (Å²) in [5, 5.41) is 36.1. The Balaban J connectivity index is 3.20. The predicted octanol–water partition coefficient (Wildman–Crippen LogP) is -0.116. The molecule has 0 saturated heterocycles. The van der Waals surface area contributed by atoms with Gasteiger partial charge in [0.15, 0.2) is 6.04 Å². The molecule has 11 nitrogen and oxygen atoms in total. The lowest BCUT2D eigenvalue weighted by molar-refractivity contribution is -0.145. The third-order valence-corrected chi connectivity index (χ3v) is 5.87. The number of carbonyl (C=O) groups is 4. The van der Waals surface area contributed by atoms with Crippen LogP contribution in [0.4, 0.5) is 0 Å². The maximum absolute atomic E-state index is 13.2. The first-order valence-corrected chi connectivity index (χ1v) is 11.6. The molecule has 0 radical (unpaired) electrons. The molecule has 196 valence electrons. The number of carboxylic acids is 1. The van der Waals surface area contributed by atoms with Gasteiger partial charge in [0.2, 0.25) is 17.7 Å². The number of aliphatic hydroxyl groups is 1. The van der Waals surface area contributed by atoms with Gasteiger partial charge in [-0.15, -0.1) is 0 Å². The van der Waals surface area contributed by atoms with Crippen LogP contribution in [0.15, 0.2) is 24.3 Å². The van der Waals surface area contributed by atoms with Crippen molar-refractivity contribution in [2.45, 2.75) is 77.7 Å². The molecule has 0 bridgehead atoms. The van der Waals surface area contributed by atoms with Crippen molar-refractivity contribution in [1.82, 2.24) is 16.0 Å². The molecule has 8 N–H and O–H groups in total. The van der Waals surface area contributed by atoms with Crippen molar-refractivity contribution in [3.05, 3.63) is 29.8 Å². The fourth-order valence-corrected chi connectivity index (χ4v) is 3.24. The number of phenolic OH excluding ortho intramolecular Hbond substituents is 1. The third-order valence-electron chi connectivity index (χ3n) is 5.87. The number of carboxylic acid groups (broad SMARTS) is 1. The molecule has 11 heteroatoms. The average Bonchev–Trinajstić information content (AvgIpc) is 2.79. The van der Waals surface area contributed by atoms with Crippen molar-refractivity contribution in [3.63, 3.8) is 0 Å². The molecular formula is C24H38N4O7. The van der Waals surface area contributed by atoms with E-state index in [0.717, 1.165) is 0 Å². The van der Waals surface area contributed by atoms with E-state index < -0.39 is 54.0 Å². The number of nitrogens with two attached hydrogens (primary N) is 1. The summed E-state index contributed by atoms with van der Waals surface area (Å²) in [6, 6.07) is 1.31. The van der Waals surface area contributed by atoms with Crippen LogP contribution in [-0.2, 0) is 25.6 Å². The first-order valence-electron chi connectivity index (χ1n) is 11.6. The highest BCUT2D eigenvalue weighted by Crippen LogP contribution is 2.14. The molecule has 0 aliphatic rings. The quantitative estimate of drug-likeness (QED) is 0.197. The molecule has 3 amide bonds. The summed E-state index contributed by atoms with van der Waals surface area (Å²) in [6.45, 7) is 8.40. The van der Waals surface area contributed by atoms with E-state index >= 15 is 0 Å². The molecule has 0 aliphatic heterocycles. The Hall–Kier alpha value is -3.18. The van der Waals surface area contributed by atoms with Crippen LogP contribution >= 0.6 is 0 Å². The van der Waals surface area contributed by atoms with Gasteiger partial charge >= 0.3 is 5.97 Å². The first kappa shape index (κ1) is 29.9. The SMILES string of the molecule is CCC(C)C(NC(=O)C(N)C(C)C)C(=O)NC(Cc1ccc(O)cc1)C(=O)NC(C(=O)O)C(C)O. The number of hydrogen-bond donors (Lipinski definition) is 7. The van der Waals surface area contributed by atoms with Crippen molar-refractivity contribution in [2.75, 3.05) is 0 Å². The number of benzene rings is 1. The summed E-state index contributed by atoms with van der Waals surface area (Å²) in [5.74, 6) is -3.83. The zero-order chi connectivity index (χ0) is 26.9. The molecule has 1 aromatic rings. The van der Waals surface area contributed by atoms with Gasteiger partial charge in [-0.25, -0.2) is 4.79 Å². The third kappa shape index (κ3) is 9.18. The summed E-state index contributed by atoms with van der Waals surface area (Å²) in [7, 11) is 0. The van der Waals surface area contributed by atoms with Crippen LogP contribution in [0.2, 0.25) is 0 Å². The first-order chi connectivity index (χ1) is 16.3. The summed E-state index contributed by atoms with van der Waals surface area (Å²) in [4.78, 5) is 50.2. The number of amides is 3. The van der Waals surface area contributed by atoms with Gasteiger partial charge in [-0.05, 0) is 36.5 Å². The molecule has 0 spiro atoms. The molecule has 6 atom stereocenters. The van der Waals surface area contributed by atoms with Crippen molar-refractivity contribution < 1.29 is 34.5 Å². The standard InChI is InChI=1S/C24H38N4O7/c1-6-13(4)19(27-22(32)18(25)12(2)3)23(33)26-17(11-15-7-9-16(30)10-8-15)21(31)28-20(14(5)29)24(34)35/h7-10,12-14,17-20,29-30H,6,11,25H2,1-5H3,(H,26,33)(H,27,32)(H,28,31)(H,34,35). The Morgan fingerprint density at radius 3 is 1.89 bits per heavy atom. The molecule has 0 aliphatic carbocycles. The second-order valence-corrected chi connectivity index (χ2v) is 9.14. The minimum absolute atomic E-state index is 0.0138. The van der Waals surface area contributed by atoms with E-state index in [1.54, 1.807) is 32.9 Å². The summed E-state index contributed by atoms with van der Waals surface area (Å²) >= 11 is 0. The number of nitrogens with one attached hydrogen (secondary N) is 3. The molecule has 0 fully saturated rings. The van der Waals surface area contributed by atoms with Gasteiger partial charge in [-0.2, -0.15) is 0 Å². The lowest BCUT2D eigenvalue weighted by Crippen LogP contribution is -2.60. The van der Waals surface area contributed by atoms with Crippen LogP contribution in [0.1, 0.15) is 46.6 Å². The summed E-state index contributed by atoms with van der Waals surface area (Å²) in [6.07, 6.45) is -0.865. The van der Waals surface area contributed by atoms with Crippen LogP contribution in [-0.4, -0.2) is 69.3 Å². The molecule has 1 aromatic carbocycles. The van der Waals surface area contributed by atoms with Gasteiger partial charge in [0.1, 0.15) is 17.8 Å². The summed E-state index contributed by atoms with van der Waals surface area (Å²) < 4.78 is 0. The molecule has 1 rings (SSSR count). The number of aromatic hydroxyl groups is 1. The fourth-order valence-electron chi connectivity index (χ4n) is 3.24. The van der Waals surface area contributed by atoms with E-state index in [4.69, 9.17) is 5.73 Å². The highest BCUT2D eigenvalue weighted by molar-refractivity contribution is 5.94. The van der Waals surface area contributed by atoms with E-state index in [1.165, 1.54) is 19.1 Å². The highest BCUT2D eigenvalue weighted by atomic mass is 16.4. The summed E-state index contributed by atoms with van der Waals surface area (Å²) in [5.41, 5.74) is 6.50. The van der Waals surface area contributed by atoms with Crippen molar-refractivity contribution in [1.29, 1.82) is 0 Å². The topological polar surface area (TPSA) is 191 Å². The van der Waals surface area contributed by atoms with Gasteiger partial charge in [0.05, 0.1) is 12.1 Å². The van der Waals surface area contributed by atoms with Crippen molar-refractivity contribution in [2.24, 2.45) is 17.6 Å². The van der Waals surface area contributed by atoms with Crippen LogP contribution in [0, 0.1) is 11.8 Å². The largest absolute Gasteiger partial charge is 0.508 e. The average molecular weight is 495 g/mol. The second-order valence-electron chi connectivity index (χ2n) is 9.14. The molecule has 35 heavy (non-hydrogen) atoms. The van der Waals surface area contributed by atoms with Crippen molar-refractivity contribution in [3.8, 4) is 5.75 Å². The van der Waals surface area contributed by atoms with Gasteiger partial charge in [-0.3, -0.25) is 14.4 Å². The fraction of sp³-hybridized carbons (Fsp3) is 0.583. The Bertz CT molecular complexity index is 873. The number of aliphatic hydroxyl groups excluding tert-OH is 1. The van der Waals surface area contributed by atoms with Gasteiger partial charge < -0.3 is 37.0 Å². The molecule has 0 saturated carbocycles. The lowest BCUT2D eigenvalue weighted by atomic mass is 9.96. The number of rotatable bonds is 13. The minimum atomic E-state index is -1.59. The Morgan fingerprint density at radius 1 is 0.886 bits per heavy atom. The van der Waals surface area contributed by atoms with Crippen LogP contribution in [0.3, 0.4) is 0 Å². The molecule has 0 aromatic heterocycles. The van der Waals surface area contributed by atoms with Crippen LogP contribution in [0.25, 0.3) is 0 Å². The Kier molecular flexibility index (Phi) is 11.6. The minimum Gasteiger partial charge on any atom is -0.508 e. The molecular weight excluding hydrogens is 456 g/mol. The van der Waals surface area contributed by atoms with E-state index in [0.29, 0.717) is 12.0 Å². The smallest absolute Gasteiger partial charge is 0.328 e. The van der Waals surface area contributed by atoms with Gasteiger partial charge in [-0.1, -0.05) is 46.2 Å². The van der Waals surface area contributed by atoms with E-state index in [9.17, 15) is 34.5 Å².